The molecule has 0 fully saturated rings. The van der Waals surface area contributed by atoms with E-state index in [0.717, 1.165) is 27.8 Å². The fourth-order valence-electron chi connectivity index (χ4n) is 3.68. The average molecular weight is 443 g/mol. The Bertz CT molecular complexity index is 1620. The van der Waals surface area contributed by atoms with Gasteiger partial charge in [0.1, 0.15) is 0 Å². The second-order valence-corrected chi connectivity index (χ2v) is 8.35. The normalized spacial score (nSPS) is 13.6. The van der Waals surface area contributed by atoms with Crippen molar-refractivity contribution in [3.8, 4) is 119 Å². The molecule has 0 aliphatic heterocycles. The topological polar surface area (TPSA) is 0 Å². The molecule has 162 valence electrons. The Morgan fingerprint density at radius 2 is 1.26 bits per heavy atom. The van der Waals surface area contributed by atoms with Crippen molar-refractivity contribution in [2.45, 2.75) is 58.3 Å². The number of hydrogen-bond donors (Lipinski definition) is 0. The number of terminal acetylenes is 2. The lowest BCUT2D eigenvalue weighted by Crippen LogP contribution is -2.16. The van der Waals surface area contributed by atoms with Crippen LogP contribution in [0.5, 0.6) is 0 Å². The first-order chi connectivity index (χ1) is 16.9. The summed E-state index contributed by atoms with van der Waals surface area (Å²) < 4.78 is 0. The maximum atomic E-state index is 5.48. The van der Waals surface area contributed by atoms with Crippen LogP contribution in [0.2, 0.25) is 0 Å². The number of benzene rings is 1. The maximum Gasteiger partial charge on any atom is 0.0493 e. The number of rotatable bonds is 0. The maximum absolute atomic E-state index is 5.48. The van der Waals surface area contributed by atoms with E-state index in [2.05, 4.69) is 133 Å². The van der Waals surface area contributed by atoms with E-state index in [0.29, 0.717) is 6.42 Å². The van der Waals surface area contributed by atoms with Gasteiger partial charge in [0.25, 0.3) is 0 Å². The van der Waals surface area contributed by atoms with Crippen molar-refractivity contribution in [2.75, 3.05) is 0 Å². The minimum Gasteiger partial charge on any atom is -0.106 e. The molecule has 35 heavy (non-hydrogen) atoms. The summed E-state index contributed by atoms with van der Waals surface area (Å²) >= 11 is 0. The summed E-state index contributed by atoms with van der Waals surface area (Å²) in [5.74, 6) is 50.8. The molecule has 1 aliphatic rings. The van der Waals surface area contributed by atoms with E-state index < -0.39 is 0 Å². The van der Waals surface area contributed by atoms with Crippen molar-refractivity contribution in [2.24, 2.45) is 0 Å². The third-order valence-corrected chi connectivity index (χ3v) is 5.04. The highest BCUT2D eigenvalue weighted by atomic mass is 14.4. The van der Waals surface area contributed by atoms with Gasteiger partial charge in [0.2, 0.25) is 0 Å². The standard InChI is InChI=1S/C35H22/c1-8-12-16-18-21-22-28-26-29(23-20-17-13-9-2)34-31(25-19-14-10-3)30(24-15-11-4)33(27-32(28)34)35(5,6)7/h2,4,27-29H,26H2,1,3,5-7H3. The average Bonchev–Trinajstić information content (AvgIpc) is 3.17. The van der Waals surface area contributed by atoms with Gasteiger partial charge >= 0.3 is 0 Å². The van der Waals surface area contributed by atoms with Gasteiger partial charge in [-0.3, -0.25) is 0 Å². The molecule has 2 atom stereocenters. The second-order valence-electron chi connectivity index (χ2n) is 8.35. The van der Waals surface area contributed by atoms with E-state index in [1.165, 1.54) is 0 Å². The molecule has 1 aliphatic carbocycles. The molecular formula is C35H22. The highest BCUT2D eigenvalue weighted by molar-refractivity contribution is 5.68. The molecule has 2 rings (SSSR count). The molecule has 0 heteroatoms. The van der Waals surface area contributed by atoms with Gasteiger partial charge in [-0.05, 0) is 113 Å². The molecule has 0 nitrogen and oxygen atoms in total. The van der Waals surface area contributed by atoms with Crippen molar-refractivity contribution in [3.05, 3.63) is 33.9 Å². The number of fused-ring (bicyclic) bond motifs is 1. The van der Waals surface area contributed by atoms with Gasteiger partial charge in [0.05, 0.1) is 0 Å². The minimum atomic E-state index is -0.211. The van der Waals surface area contributed by atoms with Crippen molar-refractivity contribution in [3.63, 3.8) is 0 Å². The summed E-state index contributed by atoms with van der Waals surface area (Å²) in [6, 6.07) is 2.17. The fraction of sp³-hybridized carbons (Fsp3) is 0.257. The molecule has 1 aromatic carbocycles. The Morgan fingerprint density at radius 3 is 1.89 bits per heavy atom. The van der Waals surface area contributed by atoms with Gasteiger partial charge < -0.3 is 0 Å². The molecule has 0 spiro atoms. The first kappa shape index (κ1) is 26.1. The molecule has 0 N–H and O–H groups in total. The molecule has 0 aromatic heterocycles. The summed E-state index contributed by atoms with van der Waals surface area (Å²) in [6.07, 6.45) is 11.4. The first-order valence-electron chi connectivity index (χ1n) is 10.9. The van der Waals surface area contributed by atoms with E-state index in [9.17, 15) is 0 Å². The van der Waals surface area contributed by atoms with E-state index in [1.807, 2.05) is 0 Å². The zero-order chi connectivity index (χ0) is 25.7. The fourth-order valence-corrected chi connectivity index (χ4v) is 3.68. The molecule has 0 heterocycles. The van der Waals surface area contributed by atoms with Crippen LogP contribution in [0.15, 0.2) is 6.07 Å². The quantitative estimate of drug-likeness (QED) is 0.516. The molecule has 0 amide bonds. The minimum absolute atomic E-state index is 0.0812. The van der Waals surface area contributed by atoms with Gasteiger partial charge in [-0.2, -0.15) is 0 Å². The summed E-state index contributed by atoms with van der Waals surface area (Å²) in [7, 11) is 0. The Labute approximate surface area is 211 Å². The van der Waals surface area contributed by atoms with Crippen LogP contribution >= 0.6 is 0 Å². The predicted molar refractivity (Wildman–Crippen MR) is 145 cm³/mol. The Hall–Kier alpha value is -5.18. The van der Waals surface area contributed by atoms with Gasteiger partial charge in [-0.25, -0.2) is 0 Å². The van der Waals surface area contributed by atoms with Gasteiger partial charge in [0, 0.05) is 23.0 Å². The summed E-state index contributed by atoms with van der Waals surface area (Å²) in [5.41, 5.74) is 4.47. The zero-order valence-corrected chi connectivity index (χ0v) is 20.6. The van der Waals surface area contributed by atoms with Crippen LogP contribution in [0.3, 0.4) is 0 Å². The van der Waals surface area contributed by atoms with Crippen LogP contribution in [0, 0.1) is 119 Å². The highest BCUT2D eigenvalue weighted by Crippen LogP contribution is 2.46. The molecule has 2 unspecified atom stereocenters. The Kier molecular flexibility index (Phi) is 9.50. The van der Waals surface area contributed by atoms with Crippen LogP contribution in [0.25, 0.3) is 0 Å². The van der Waals surface area contributed by atoms with Crippen molar-refractivity contribution in [1.82, 2.24) is 0 Å². The lowest BCUT2D eigenvalue weighted by Gasteiger charge is -2.24. The monoisotopic (exact) mass is 442 g/mol. The molecular weight excluding hydrogens is 420 g/mol. The summed E-state index contributed by atoms with van der Waals surface area (Å²) in [6.45, 7) is 9.89. The van der Waals surface area contributed by atoms with Crippen LogP contribution in [-0.4, -0.2) is 0 Å². The van der Waals surface area contributed by atoms with E-state index in [4.69, 9.17) is 12.8 Å². The van der Waals surface area contributed by atoms with Crippen LogP contribution in [0.1, 0.15) is 80.7 Å². The Morgan fingerprint density at radius 1 is 0.686 bits per heavy atom. The van der Waals surface area contributed by atoms with Crippen molar-refractivity contribution in [1.29, 1.82) is 0 Å². The summed E-state index contributed by atoms with van der Waals surface area (Å²) in [5, 5.41) is 0. The first-order valence-corrected chi connectivity index (χ1v) is 10.9. The molecule has 0 saturated carbocycles. The molecule has 0 bridgehead atoms. The molecule has 0 saturated heterocycles. The van der Waals surface area contributed by atoms with Crippen LogP contribution < -0.4 is 0 Å². The third-order valence-electron chi connectivity index (χ3n) is 5.04. The lowest BCUT2D eigenvalue weighted by molar-refractivity contribution is 0.587. The van der Waals surface area contributed by atoms with E-state index >= 15 is 0 Å². The van der Waals surface area contributed by atoms with Gasteiger partial charge in [-0.15, -0.1) is 12.8 Å². The Balaban J connectivity index is 2.98. The van der Waals surface area contributed by atoms with Crippen LogP contribution in [-0.2, 0) is 5.41 Å². The lowest BCUT2D eigenvalue weighted by atomic mass is 9.78. The zero-order valence-electron chi connectivity index (χ0n) is 20.6. The van der Waals surface area contributed by atoms with Gasteiger partial charge in [0.15, 0.2) is 0 Å². The smallest absolute Gasteiger partial charge is 0.0493 e. The van der Waals surface area contributed by atoms with Crippen molar-refractivity contribution >= 4 is 0 Å². The largest absolute Gasteiger partial charge is 0.106 e. The second kappa shape index (κ2) is 12.8. The van der Waals surface area contributed by atoms with Gasteiger partial charge in [-0.1, -0.05) is 62.4 Å². The molecule has 1 aromatic rings. The highest BCUT2D eigenvalue weighted by Gasteiger charge is 2.35. The third kappa shape index (κ3) is 6.90. The van der Waals surface area contributed by atoms with E-state index in [-0.39, 0.29) is 17.3 Å². The van der Waals surface area contributed by atoms with Crippen molar-refractivity contribution < 1.29 is 0 Å². The number of hydrogen-bond acceptors (Lipinski definition) is 0. The predicted octanol–water partition coefficient (Wildman–Crippen LogP) is 4.58. The summed E-state index contributed by atoms with van der Waals surface area (Å²) in [4.78, 5) is 0. The van der Waals surface area contributed by atoms with Crippen LogP contribution in [0.4, 0.5) is 0 Å². The molecule has 0 radical (unpaired) electrons. The van der Waals surface area contributed by atoms with E-state index in [1.54, 1.807) is 13.8 Å². The SMILES string of the molecule is C#CC#CC#CC1CC(C#CC#CC#CC)c2cc(C(C)(C)C)c(C#CC#C)c(C#CC#CC)c21.